The largest absolute Gasteiger partial charge is 0.364 e. The highest BCUT2D eigenvalue weighted by Gasteiger charge is 2.32. The monoisotopic (exact) mass is 434 g/mol. The molecule has 0 saturated heterocycles. The molecule has 1 fully saturated rings. The SMILES string of the molecule is CN1C=CC(n2ccc3c(Nc4nc(NCC5(N)CCC5)nnc4C(N)=O)cccc32)N1. The molecule has 1 aromatic carbocycles. The van der Waals surface area contributed by atoms with Crippen LogP contribution in [-0.2, 0) is 0 Å². The van der Waals surface area contributed by atoms with Crippen molar-refractivity contribution in [2.45, 2.75) is 31.0 Å². The number of hydrogen-bond donors (Lipinski definition) is 5. The van der Waals surface area contributed by atoms with Crippen molar-refractivity contribution in [3.63, 3.8) is 0 Å². The molecule has 3 heterocycles. The van der Waals surface area contributed by atoms with Crippen molar-refractivity contribution >= 4 is 34.3 Å². The first kappa shape index (κ1) is 20.2. The van der Waals surface area contributed by atoms with E-state index in [0.29, 0.717) is 12.5 Å². The van der Waals surface area contributed by atoms with E-state index in [1.807, 2.05) is 48.7 Å². The predicted octanol–water partition coefficient (Wildman–Crippen LogP) is 1.42. The average Bonchev–Trinajstić information content (AvgIpc) is 3.37. The Labute approximate surface area is 184 Å². The number of benzene rings is 1. The summed E-state index contributed by atoms with van der Waals surface area (Å²) in [7, 11) is 1.95. The first-order valence-corrected chi connectivity index (χ1v) is 10.5. The Hall–Kier alpha value is -3.70. The Morgan fingerprint density at radius 1 is 1.31 bits per heavy atom. The van der Waals surface area contributed by atoms with Gasteiger partial charge in [-0.3, -0.25) is 4.79 Å². The molecule has 0 bridgehead atoms. The average molecular weight is 435 g/mol. The molecule has 2 aliphatic rings. The summed E-state index contributed by atoms with van der Waals surface area (Å²) >= 11 is 0. The number of anilines is 3. The van der Waals surface area contributed by atoms with Gasteiger partial charge in [0.2, 0.25) is 5.95 Å². The molecule has 11 nitrogen and oxygen atoms in total. The first-order valence-electron chi connectivity index (χ1n) is 10.5. The molecule has 1 saturated carbocycles. The lowest BCUT2D eigenvalue weighted by atomic mass is 9.78. The minimum absolute atomic E-state index is 0.0144. The molecule has 1 atom stereocenters. The van der Waals surface area contributed by atoms with Crippen LogP contribution in [0.4, 0.5) is 17.5 Å². The Morgan fingerprint density at radius 2 is 2.16 bits per heavy atom. The second kappa shape index (κ2) is 7.77. The summed E-state index contributed by atoms with van der Waals surface area (Å²) in [5.41, 5.74) is 16.7. The van der Waals surface area contributed by atoms with Gasteiger partial charge in [-0.15, -0.1) is 10.2 Å². The lowest BCUT2D eigenvalue weighted by Gasteiger charge is -2.38. The standard InChI is InChI=1S/C21H26N10O/c1-30-10-7-16(29-30)31-11-6-13-14(4-2-5-15(13)31)25-19-17(18(22)32)27-28-20(26-19)24-12-21(23)8-3-9-21/h2,4-7,10-11,16,29H,3,8-9,12,23H2,1H3,(H2,22,32)(H2,24,25,26,28). The normalized spacial score (nSPS) is 19.2. The van der Waals surface area contributed by atoms with Gasteiger partial charge in [0.05, 0.1) is 5.52 Å². The molecule has 1 amide bonds. The molecule has 1 unspecified atom stereocenters. The van der Waals surface area contributed by atoms with Crippen molar-refractivity contribution in [3.05, 3.63) is 48.4 Å². The molecule has 0 spiro atoms. The van der Waals surface area contributed by atoms with E-state index in [4.69, 9.17) is 11.5 Å². The maximum absolute atomic E-state index is 11.9. The molecule has 11 heteroatoms. The topological polar surface area (TPSA) is 152 Å². The molecule has 3 aromatic rings. The van der Waals surface area contributed by atoms with Gasteiger partial charge in [-0.1, -0.05) is 6.07 Å². The van der Waals surface area contributed by atoms with Crippen LogP contribution in [0.3, 0.4) is 0 Å². The van der Waals surface area contributed by atoms with Crippen molar-refractivity contribution in [1.29, 1.82) is 0 Å². The lowest BCUT2D eigenvalue weighted by Crippen LogP contribution is -2.52. The zero-order chi connectivity index (χ0) is 22.3. The lowest BCUT2D eigenvalue weighted by molar-refractivity contribution is 0.0995. The van der Waals surface area contributed by atoms with Crippen LogP contribution >= 0.6 is 0 Å². The number of carbonyl (C=O) groups excluding carboxylic acids is 1. The van der Waals surface area contributed by atoms with Crippen molar-refractivity contribution in [2.75, 3.05) is 24.2 Å². The number of primary amides is 1. The van der Waals surface area contributed by atoms with Gasteiger partial charge in [0.25, 0.3) is 5.91 Å². The number of nitrogens with one attached hydrogen (secondary N) is 3. The number of nitrogens with zero attached hydrogens (tertiary/aromatic N) is 5. The van der Waals surface area contributed by atoms with E-state index in [2.05, 4.69) is 41.9 Å². The molecule has 5 rings (SSSR count). The molecule has 1 aliphatic carbocycles. The molecule has 166 valence electrons. The number of hydrazine groups is 1. The van der Waals surface area contributed by atoms with Crippen LogP contribution in [0, 0.1) is 0 Å². The van der Waals surface area contributed by atoms with E-state index < -0.39 is 5.91 Å². The highest BCUT2D eigenvalue weighted by atomic mass is 16.1. The van der Waals surface area contributed by atoms with Crippen LogP contribution < -0.4 is 27.5 Å². The highest BCUT2D eigenvalue weighted by Crippen LogP contribution is 2.31. The van der Waals surface area contributed by atoms with E-state index in [0.717, 1.165) is 35.9 Å². The van der Waals surface area contributed by atoms with Crippen molar-refractivity contribution in [1.82, 2.24) is 30.2 Å². The number of rotatable bonds is 7. The summed E-state index contributed by atoms with van der Waals surface area (Å²) in [6, 6.07) is 7.90. The zero-order valence-corrected chi connectivity index (χ0v) is 17.7. The molecule has 32 heavy (non-hydrogen) atoms. The van der Waals surface area contributed by atoms with E-state index in [1.165, 1.54) is 0 Å². The molecule has 2 aromatic heterocycles. The summed E-state index contributed by atoms with van der Waals surface area (Å²) in [5, 5.41) is 17.2. The van der Waals surface area contributed by atoms with Gasteiger partial charge >= 0.3 is 0 Å². The van der Waals surface area contributed by atoms with Crippen molar-refractivity contribution < 1.29 is 4.79 Å². The molecule has 1 aliphatic heterocycles. The fraction of sp³-hybridized carbons (Fsp3) is 0.333. The Morgan fingerprint density at radius 3 is 2.84 bits per heavy atom. The quantitative estimate of drug-likeness (QED) is 0.372. The molecule has 0 radical (unpaired) electrons. The number of fused-ring (bicyclic) bond motifs is 1. The smallest absolute Gasteiger partial charge is 0.273 e. The predicted molar refractivity (Wildman–Crippen MR) is 122 cm³/mol. The Kier molecular flexibility index (Phi) is 4.91. The summed E-state index contributed by atoms with van der Waals surface area (Å²) in [6.07, 6.45) is 9.11. The molecular weight excluding hydrogens is 408 g/mol. The fourth-order valence-electron chi connectivity index (χ4n) is 4.04. The van der Waals surface area contributed by atoms with Gasteiger partial charge in [-0.05, 0) is 43.5 Å². The fourth-order valence-corrected chi connectivity index (χ4v) is 4.04. The van der Waals surface area contributed by atoms with Crippen molar-refractivity contribution in [3.8, 4) is 0 Å². The van der Waals surface area contributed by atoms with E-state index >= 15 is 0 Å². The number of aromatic nitrogens is 4. The van der Waals surface area contributed by atoms with Gasteiger partial charge in [-0.25, -0.2) is 5.43 Å². The second-order valence-electron chi connectivity index (χ2n) is 8.38. The number of hydrogen-bond acceptors (Lipinski definition) is 9. The number of amides is 1. The molecular formula is C21H26N10O. The van der Waals surface area contributed by atoms with Gasteiger partial charge in [-0.2, -0.15) is 4.98 Å². The second-order valence-corrected chi connectivity index (χ2v) is 8.38. The molecule has 7 N–H and O–H groups in total. The maximum atomic E-state index is 11.9. The summed E-state index contributed by atoms with van der Waals surface area (Å²) in [6.45, 7) is 0.540. The van der Waals surface area contributed by atoms with Crippen LogP contribution in [0.15, 0.2) is 42.7 Å². The third-order valence-corrected chi connectivity index (χ3v) is 6.01. The highest BCUT2D eigenvalue weighted by molar-refractivity contribution is 5.99. The van der Waals surface area contributed by atoms with E-state index in [1.54, 1.807) is 0 Å². The van der Waals surface area contributed by atoms with Crippen molar-refractivity contribution in [2.24, 2.45) is 11.5 Å². The summed E-state index contributed by atoms with van der Waals surface area (Å²) in [5.74, 6) is -0.169. The zero-order valence-electron chi connectivity index (χ0n) is 17.7. The Balaban J connectivity index is 1.44. The minimum atomic E-state index is -0.707. The first-order chi connectivity index (χ1) is 15.4. The van der Waals surface area contributed by atoms with Gasteiger partial charge < -0.3 is 31.7 Å². The Bertz CT molecular complexity index is 1200. The van der Waals surface area contributed by atoms with Crippen LogP contribution in [0.5, 0.6) is 0 Å². The summed E-state index contributed by atoms with van der Waals surface area (Å²) < 4.78 is 2.13. The van der Waals surface area contributed by atoms with E-state index in [-0.39, 0.29) is 23.2 Å². The van der Waals surface area contributed by atoms with Crippen LogP contribution in [0.2, 0.25) is 0 Å². The van der Waals surface area contributed by atoms with Crippen LogP contribution in [0.25, 0.3) is 10.9 Å². The van der Waals surface area contributed by atoms with Crippen LogP contribution in [-0.4, -0.2) is 49.8 Å². The van der Waals surface area contributed by atoms with Gasteiger partial charge in [0, 0.05) is 42.6 Å². The maximum Gasteiger partial charge on any atom is 0.273 e. The van der Waals surface area contributed by atoms with Gasteiger partial charge in [0.15, 0.2) is 11.5 Å². The summed E-state index contributed by atoms with van der Waals surface area (Å²) in [4.78, 5) is 16.4. The third-order valence-electron chi connectivity index (χ3n) is 6.01. The van der Waals surface area contributed by atoms with Crippen LogP contribution in [0.1, 0.15) is 35.9 Å². The minimum Gasteiger partial charge on any atom is -0.364 e. The number of carbonyl (C=O) groups is 1. The van der Waals surface area contributed by atoms with E-state index in [9.17, 15) is 4.79 Å². The van der Waals surface area contributed by atoms with Gasteiger partial charge in [0.1, 0.15) is 6.17 Å². The third kappa shape index (κ3) is 3.72. The number of nitrogens with two attached hydrogens (primary N) is 2.